The molecule has 1 atom stereocenters. The first-order valence-electron chi connectivity index (χ1n) is 6.43. The molecule has 3 N–H and O–H groups in total. The first-order valence-corrected chi connectivity index (χ1v) is 8.36. The molecule has 21 heavy (non-hydrogen) atoms. The molecule has 0 bridgehead atoms. The van der Waals surface area contributed by atoms with Crippen molar-refractivity contribution >= 4 is 27.3 Å². The van der Waals surface area contributed by atoms with E-state index in [0.29, 0.717) is 10.6 Å². The van der Waals surface area contributed by atoms with E-state index >= 15 is 0 Å². The SMILES string of the molecule is Cc1c(NC(C)c2cccc(Cl)c2)cccc1S(N)(=O)=O. The predicted octanol–water partition coefficient (Wildman–Crippen LogP) is 3.47. The maximum absolute atomic E-state index is 11.5. The Labute approximate surface area is 130 Å². The molecule has 0 heterocycles. The topological polar surface area (TPSA) is 72.2 Å². The molecule has 2 rings (SSSR count). The minimum atomic E-state index is -3.72. The zero-order chi connectivity index (χ0) is 15.6. The summed E-state index contributed by atoms with van der Waals surface area (Å²) >= 11 is 5.98. The lowest BCUT2D eigenvalue weighted by Gasteiger charge is -2.18. The number of nitrogens with two attached hydrogens (primary N) is 1. The number of nitrogens with one attached hydrogen (secondary N) is 1. The highest BCUT2D eigenvalue weighted by Gasteiger charge is 2.15. The van der Waals surface area contributed by atoms with Crippen molar-refractivity contribution in [1.82, 2.24) is 0 Å². The van der Waals surface area contributed by atoms with Crippen LogP contribution in [0.15, 0.2) is 47.4 Å². The van der Waals surface area contributed by atoms with Gasteiger partial charge in [-0.05, 0) is 49.2 Å². The van der Waals surface area contributed by atoms with E-state index in [2.05, 4.69) is 5.32 Å². The van der Waals surface area contributed by atoms with E-state index < -0.39 is 10.0 Å². The van der Waals surface area contributed by atoms with E-state index in [4.69, 9.17) is 16.7 Å². The lowest BCUT2D eigenvalue weighted by atomic mass is 10.1. The first-order chi connectivity index (χ1) is 9.79. The molecule has 0 saturated carbocycles. The highest BCUT2D eigenvalue weighted by Crippen LogP contribution is 2.27. The number of halogens is 1. The Balaban J connectivity index is 2.32. The summed E-state index contributed by atoms with van der Waals surface area (Å²) in [6.07, 6.45) is 0. The summed E-state index contributed by atoms with van der Waals surface area (Å²) in [4.78, 5) is 0.130. The molecule has 0 aliphatic carbocycles. The van der Waals surface area contributed by atoms with Crippen molar-refractivity contribution in [2.45, 2.75) is 24.8 Å². The highest BCUT2D eigenvalue weighted by molar-refractivity contribution is 7.89. The van der Waals surface area contributed by atoms with Crippen molar-refractivity contribution in [2.75, 3.05) is 5.32 Å². The monoisotopic (exact) mass is 324 g/mol. The Hall–Kier alpha value is -1.56. The van der Waals surface area contributed by atoms with Crippen LogP contribution >= 0.6 is 11.6 Å². The van der Waals surface area contributed by atoms with Crippen LogP contribution < -0.4 is 10.5 Å². The second-order valence-corrected chi connectivity index (χ2v) is 6.86. The molecule has 2 aromatic rings. The van der Waals surface area contributed by atoms with E-state index in [0.717, 1.165) is 11.3 Å². The van der Waals surface area contributed by atoms with Gasteiger partial charge in [-0.1, -0.05) is 29.8 Å². The average molecular weight is 325 g/mol. The maximum Gasteiger partial charge on any atom is 0.238 e. The molecule has 0 radical (unpaired) electrons. The number of hydrogen-bond donors (Lipinski definition) is 2. The van der Waals surface area contributed by atoms with Crippen LogP contribution in [-0.2, 0) is 10.0 Å². The van der Waals surface area contributed by atoms with Crippen LogP contribution in [0.3, 0.4) is 0 Å². The summed E-state index contributed by atoms with van der Waals surface area (Å²) in [6.45, 7) is 3.71. The largest absolute Gasteiger partial charge is 0.378 e. The van der Waals surface area contributed by atoms with Crippen LogP contribution in [0.25, 0.3) is 0 Å². The molecule has 0 aliphatic heterocycles. The molecule has 0 aromatic heterocycles. The van der Waals surface area contributed by atoms with Crippen molar-refractivity contribution in [3.05, 3.63) is 58.6 Å². The van der Waals surface area contributed by atoms with Crippen LogP contribution in [0.4, 0.5) is 5.69 Å². The molecule has 0 amide bonds. The maximum atomic E-state index is 11.5. The quantitative estimate of drug-likeness (QED) is 0.904. The molecule has 1 unspecified atom stereocenters. The van der Waals surface area contributed by atoms with Gasteiger partial charge in [-0.2, -0.15) is 0 Å². The van der Waals surface area contributed by atoms with Crippen molar-refractivity contribution in [1.29, 1.82) is 0 Å². The van der Waals surface area contributed by atoms with Gasteiger partial charge in [0.2, 0.25) is 10.0 Å². The molecule has 0 spiro atoms. The van der Waals surface area contributed by atoms with E-state index in [1.54, 1.807) is 13.0 Å². The predicted molar refractivity (Wildman–Crippen MR) is 86.0 cm³/mol. The summed E-state index contributed by atoms with van der Waals surface area (Å²) in [7, 11) is -3.72. The summed E-state index contributed by atoms with van der Waals surface area (Å²) in [5.41, 5.74) is 2.35. The number of rotatable bonds is 4. The van der Waals surface area contributed by atoms with Crippen molar-refractivity contribution in [2.24, 2.45) is 5.14 Å². The second kappa shape index (κ2) is 6.05. The molecule has 112 valence electrons. The Bertz CT molecular complexity index is 760. The lowest BCUT2D eigenvalue weighted by Crippen LogP contribution is -2.15. The zero-order valence-corrected chi connectivity index (χ0v) is 13.4. The Morgan fingerprint density at radius 2 is 1.86 bits per heavy atom. The minimum Gasteiger partial charge on any atom is -0.378 e. The Morgan fingerprint density at radius 3 is 2.48 bits per heavy atom. The third-order valence-electron chi connectivity index (χ3n) is 3.31. The van der Waals surface area contributed by atoms with Gasteiger partial charge >= 0.3 is 0 Å². The van der Waals surface area contributed by atoms with Crippen molar-refractivity contribution in [3.8, 4) is 0 Å². The van der Waals surface area contributed by atoms with Crippen molar-refractivity contribution in [3.63, 3.8) is 0 Å². The zero-order valence-electron chi connectivity index (χ0n) is 11.8. The Kier molecular flexibility index (Phi) is 4.56. The minimum absolute atomic E-state index is 0.0156. The molecule has 4 nitrogen and oxygen atoms in total. The molecule has 2 aromatic carbocycles. The van der Waals surface area contributed by atoms with Gasteiger partial charge in [0.25, 0.3) is 0 Å². The number of hydrogen-bond acceptors (Lipinski definition) is 3. The van der Waals surface area contributed by atoms with Crippen LogP contribution in [0.2, 0.25) is 5.02 Å². The number of primary sulfonamides is 1. The number of sulfonamides is 1. The van der Waals surface area contributed by atoms with E-state index in [1.807, 2.05) is 37.3 Å². The fourth-order valence-electron chi connectivity index (χ4n) is 2.17. The van der Waals surface area contributed by atoms with Gasteiger partial charge < -0.3 is 5.32 Å². The lowest BCUT2D eigenvalue weighted by molar-refractivity contribution is 0.597. The van der Waals surface area contributed by atoms with Gasteiger partial charge in [-0.3, -0.25) is 0 Å². The van der Waals surface area contributed by atoms with Crippen LogP contribution in [-0.4, -0.2) is 8.42 Å². The smallest absolute Gasteiger partial charge is 0.238 e. The van der Waals surface area contributed by atoms with Gasteiger partial charge in [0.15, 0.2) is 0 Å². The third kappa shape index (κ3) is 3.75. The fraction of sp³-hybridized carbons (Fsp3) is 0.200. The third-order valence-corrected chi connectivity index (χ3v) is 4.60. The molecule has 6 heteroatoms. The molecule has 0 saturated heterocycles. The Morgan fingerprint density at radius 1 is 1.19 bits per heavy atom. The van der Waals surface area contributed by atoms with Gasteiger partial charge in [0.05, 0.1) is 4.90 Å². The van der Waals surface area contributed by atoms with Crippen LogP contribution in [0.5, 0.6) is 0 Å². The summed E-state index contributed by atoms with van der Waals surface area (Å²) in [5, 5.41) is 9.17. The molecule has 0 fully saturated rings. The normalized spacial score (nSPS) is 13.0. The summed E-state index contributed by atoms with van der Waals surface area (Å²) in [6, 6.07) is 12.5. The van der Waals surface area contributed by atoms with Crippen molar-refractivity contribution < 1.29 is 8.42 Å². The van der Waals surface area contributed by atoms with Gasteiger partial charge in [0, 0.05) is 16.8 Å². The standard InChI is InChI=1S/C15H17ClN2O2S/c1-10-14(7-4-8-15(10)21(17,19)20)18-11(2)12-5-3-6-13(16)9-12/h3-9,11,18H,1-2H3,(H2,17,19,20). The first kappa shape index (κ1) is 15.8. The molecular formula is C15H17ClN2O2S. The number of benzene rings is 2. The average Bonchev–Trinajstić information content (AvgIpc) is 2.39. The highest BCUT2D eigenvalue weighted by atomic mass is 35.5. The summed E-state index contributed by atoms with van der Waals surface area (Å²) < 4.78 is 23.1. The molecular weight excluding hydrogens is 308 g/mol. The van der Waals surface area contributed by atoms with E-state index in [9.17, 15) is 8.42 Å². The fourth-order valence-corrected chi connectivity index (χ4v) is 3.18. The number of anilines is 1. The second-order valence-electron chi connectivity index (χ2n) is 4.89. The van der Waals surface area contributed by atoms with Gasteiger partial charge in [0.1, 0.15) is 0 Å². The van der Waals surface area contributed by atoms with Gasteiger partial charge in [-0.15, -0.1) is 0 Å². The summed E-state index contributed by atoms with van der Waals surface area (Å²) in [5.74, 6) is 0. The van der Waals surface area contributed by atoms with Crippen LogP contribution in [0, 0.1) is 6.92 Å². The van der Waals surface area contributed by atoms with Crippen LogP contribution in [0.1, 0.15) is 24.1 Å². The van der Waals surface area contributed by atoms with E-state index in [-0.39, 0.29) is 10.9 Å². The van der Waals surface area contributed by atoms with E-state index in [1.165, 1.54) is 6.07 Å². The molecule has 0 aliphatic rings. The van der Waals surface area contributed by atoms with Gasteiger partial charge in [-0.25, -0.2) is 13.6 Å².